The summed E-state index contributed by atoms with van der Waals surface area (Å²) in [5, 5.41) is 8.28. The van der Waals surface area contributed by atoms with Gasteiger partial charge in [-0.15, -0.1) is 5.10 Å². The first-order valence-electron chi connectivity index (χ1n) is 11.6. The van der Waals surface area contributed by atoms with Crippen LogP contribution in [0.2, 0.25) is 0 Å². The van der Waals surface area contributed by atoms with Crippen LogP contribution in [0.3, 0.4) is 0 Å². The van der Waals surface area contributed by atoms with Crippen molar-refractivity contribution >= 4 is 62.1 Å². The minimum atomic E-state index is -0.923. The first-order chi connectivity index (χ1) is 17.5. The van der Waals surface area contributed by atoms with Crippen molar-refractivity contribution in [3.63, 3.8) is 0 Å². The van der Waals surface area contributed by atoms with Crippen molar-refractivity contribution < 1.29 is 14.4 Å². The van der Waals surface area contributed by atoms with Crippen molar-refractivity contribution in [2.45, 2.75) is 12.1 Å². The van der Waals surface area contributed by atoms with Crippen molar-refractivity contribution in [2.24, 2.45) is 11.8 Å². The van der Waals surface area contributed by atoms with Gasteiger partial charge in [0.1, 0.15) is 11.6 Å². The van der Waals surface area contributed by atoms with E-state index in [1.165, 1.54) is 9.58 Å². The molecule has 0 aliphatic carbocycles. The van der Waals surface area contributed by atoms with Gasteiger partial charge in [0, 0.05) is 10.2 Å². The zero-order valence-electron chi connectivity index (χ0n) is 18.7. The number of para-hydroxylation sites is 2. The number of rotatable bonds is 2. The van der Waals surface area contributed by atoms with E-state index in [-0.39, 0.29) is 17.7 Å². The van der Waals surface area contributed by atoms with Crippen LogP contribution >= 0.6 is 15.9 Å². The molecule has 0 N–H and O–H groups in total. The van der Waals surface area contributed by atoms with Crippen LogP contribution in [0, 0.1) is 11.8 Å². The lowest BCUT2D eigenvalue weighted by Crippen LogP contribution is -2.50. The van der Waals surface area contributed by atoms with Crippen LogP contribution in [0.15, 0.2) is 83.3 Å². The van der Waals surface area contributed by atoms with E-state index >= 15 is 0 Å². The molecule has 7 rings (SSSR count). The number of carbonyl (C=O) groups excluding carboxylic acids is 3. The Morgan fingerprint density at radius 3 is 2.42 bits per heavy atom. The van der Waals surface area contributed by atoms with Gasteiger partial charge in [0.15, 0.2) is 0 Å². The minimum absolute atomic E-state index is 0.301. The van der Waals surface area contributed by atoms with E-state index < -0.39 is 23.9 Å². The van der Waals surface area contributed by atoms with Crippen molar-refractivity contribution in [1.29, 1.82) is 0 Å². The number of imide groups is 1. The Morgan fingerprint density at radius 1 is 0.861 bits per heavy atom. The van der Waals surface area contributed by atoms with E-state index in [0.717, 1.165) is 15.7 Å². The van der Waals surface area contributed by atoms with Gasteiger partial charge in [0.05, 0.1) is 29.1 Å². The SMILES string of the molecule is O=C1[C@@H]2[C@H](C(=O)N1c1ccc(Br)cc1)[C@@H](C(=O)n1nnc3ccccc31)N1c3ccccc3C=C[C@@H]21. The molecule has 2 fully saturated rings. The summed E-state index contributed by atoms with van der Waals surface area (Å²) < 4.78 is 2.11. The Kier molecular flexibility index (Phi) is 4.53. The first kappa shape index (κ1) is 21.2. The van der Waals surface area contributed by atoms with Crippen molar-refractivity contribution in [2.75, 3.05) is 9.80 Å². The number of carbonyl (C=O) groups is 3. The number of fused-ring (bicyclic) bond motifs is 6. The van der Waals surface area contributed by atoms with Crippen molar-refractivity contribution in [3.05, 3.63) is 88.9 Å². The third-order valence-corrected chi connectivity index (χ3v) is 7.84. The summed E-state index contributed by atoms with van der Waals surface area (Å²) in [6, 6.07) is 20.6. The summed E-state index contributed by atoms with van der Waals surface area (Å²) in [5.74, 6) is -2.63. The second-order valence-electron chi connectivity index (χ2n) is 9.13. The lowest BCUT2D eigenvalue weighted by atomic mass is 9.88. The normalized spacial score (nSPS) is 24.2. The molecule has 0 unspecified atom stereocenters. The highest BCUT2D eigenvalue weighted by molar-refractivity contribution is 9.10. The van der Waals surface area contributed by atoms with Gasteiger partial charge in [-0.1, -0.05) is 63.6 Å². The quantitative estimate of drug-likeness (QED) is 0.358. The van der Waals surface area contributed by atoms with Gasteiger partial charge < -0.3 is 4.90 Å². The third-order valence-electron chi connectivity index (χ3n) is 7.31. The number of amides is 2. The minimum Gasteiger partial charge on any atom is -0.351 e. The molecule has 2 saturated heterocycles. The lowest BCUT2D eigenvalue weighted by Gasteiger charge is -2.36. The van der Waals surface area contributed by atoms with Gasteiger partial charge in [-0.25, -0.2) is 4.90 Å². The molecule has 1 aromatic heterocycles. The summed E-state index contributed by atoms with van der Waals surface area (Å²) in [6.07, 6.45) is 3.90. The molecule has 0 radical (unpaired) electrons. The van der Waals surface area contributed by atoms with E-state index in [1.54, 1.807) is 36.4 Å². The second kappa shape index (κ2) is 7.69. The number of aromatic nitrogens is 3. The molecule has 4 atom stereocenters. The topological polar surface area (TPSA) is 88.4 Å². The molecule has 176 valence electrons. The molecule has 9 heteroatoms. The number of nitrogens with zero attached hydrogens (tertiary/aromatic N) is 5. The van der Waals surface area contributed by atoms with Gasteiger partial charge in [0.25, 0.3) is 5.91 Å². The van der Waals surface area contributed by atoms with Crippen molar-refractivity contribution in [1.82, 2.24) is 15.0 Å². The highest BCUT2D eigenvalue weighted by atomic mass is 79.9. The molecule has 0 saturated carbocycles. The fourth-order valence-electron chi connectivity index (χ4n) is 5.80. The van der Waals surface area contributed by atoms with Crippen LogP contribution in [-0.4, -0.2) is 44.8 Å². The number of halogens is 1. The van der Waals surface area contributed by atoms with Gasteiger partial charge in [-0.2, -0.15) is 4.68 Å². The summed E-state index contributed by atoms with van der Waals surface area (Å²) in [5.41, 5.74) is 3.38. The molecule has 0 spiro atoms. The van der Waals surface area contributed by atoms with Gasteiger partial charge >= 0.3 is 0 Å². The predicted molar refractivity (Wildman–Crippen MR) is 137 cm³/mol. The molecule has 2 amide bonds. The first-order valence-corrected chi connectivity index (χ1v) is 12.4. The summed E-state index contributed by atoms with van der Waals surface area (Å²) in [4.78, 5) is 45.1. The van der Waals surface area contributed by atoms with Crippen LogP contribution in [0.25, 0.3) is 17.1 Å². The smallest absolute Gasteiger partial charge is 0.272 e. The largest absolute Gasteiger partial charge is 0.351 e. The number of anilines is 2. The molecule has 3 aliphatic heterocycles. The molecular weight excluding hydrogens is 522 g/mol. The molecule has 0 bridgehead atoms. The van der Waals surface area contributed by atoms with Gasteiger partial charge in [-0.3, -0.25) is 14.4 Å². The van der Waals surface area contributed by atoms with Crippen LogP contribution in [0.5, 0.6) is 0 Å². The number of hydrogen-bond donors (Lipinski definition) is 0. The zero-order chi connectivity index (χ0) is 24.6. The second-order valence-corrected chi connectivity index (χ2v) is 10.0. The molecule has 36 heavy (non-hydrogen) atoms. The molecular formula is C27H18BrN5O3. The Bertz CT molecular complexity index is 1610. The zero-order valence-corrected chi connectivity index (χ0v) is 20.3. The highest BCUT2D eigenvalue weighted by Gasteiger charge is 2.64. The number of benzene rings is 3. The van der Waals surface area contributed by atoms with E-state index in [1.807, 2.05) is 53.5 Å². The van der Waals surface area contributed by atoms with E-state index in [0.29, 0.717) is 16.7 Å². The lowest BCUT2D eigenvalue weighted by molar-refractivity contribution is -0.122. The summed E-state index contributed by atoms with van der Waals surface area (Å²) in [6.45, 7) is 0. The summed E-state index contributed by atoms with van der Waals surface area (Å²) >= 11 is 3.40. The summed E-state index contributed by atoms with van der Waals surface area (Å²) in [7, 11) is 0. The maximum absolute atomic E-state index is 14.2. The Labute approximate surface area is 213 Å². The molecule has 3 aromatic carbocycles. The molecule has 4 aromatic rings. The Morgan fingerprint density at radius 2 is 1.58 bits per heavy atom. The fourth-order valence-corrected chi connectivity index (χ4v) is 6.06. The average molecular weight is 540 g/mol. The van der Waals surface area contributed by atoms with E-state index in [4.69, 9.17) is 0 Å². The van der Waals surface area contributed by atoms with E-state index in [9.17, 15) is 14.4 Å². The van der Waals surface area contributed by atoms with Gasteiger partial charge in [0.2, 0.25) is 11.8 Å². The number of hydrogen-bond acceptors (Lipinski definition) is 6. The van der Waals surface area contributed by atoms with Crippen LogP contribution in [0.4, 0.5) is 11.4 Å². The average Bonchev–Trinajstić information content (AvgIpc) is 3.56. The van der Waals surface area contributed by atoms with E-state index in [2.05, 4.69) is 26.2 Å². The standard InChI is InChI=1S/C27H18BrN5O3/c28-16-10-12-17(13-11-16)31-25(34)22-21-14-9-15-5-1-3-7-19(15)32(21)24(23(22)26(31)35)27(36)33-20-8-4-2-6-18(20)29-30-33/h1-14,21-24H/t21-,22-,23-,24-/m0/s1. The monoisotopic (exact) mass is 539 g/mol. The maximum Gasteiger partial charge on any atom is 0.272 e. The highest BCUT2D eigenvalue weighted by Crippen LogP contribution is 2.49. The molecule has 4 heterocycles. The van der Waals surface area contributed by atoms with Crippen LogP contribution in [-0.2, 0) is 9.59 Å². The van der Waals surface area contributed by atoms with Crippen LogP contribution < -0.4 is 9.80 Å². The van der Waals surface area contributed by atoms with Crippen LogP contribution in [0.1, 0.15) is 10.4 Å². The molecule has 8 nitrogen and oxygen atoms in total. The van der Waals surface area contributed by atoms with Gasteiger partial charge in [-0.05, 0) is 48.0 Å². The molecule has 3 aliphatic rings. The maximum atomic E-state index is 14.2. The third kappa shape index (κ3) is 2.83. The Balaban J connectivity index is 1.39. The Hall–Kier alpha value is -4.11. The fraction of sp³-hybridized carbons (Fsp3) is 0.148. The van der Waals surface area contributed by atoms with Crippen molar-refractivity contribution in [3.8, 4) is 0 Å². The predicted octanol–water partition coefficient (Wildman–Crippen LogP) is 3.92.